The first-order valence-corrected chi connectivity index (χ1v) is 2.70. The third kappa shape index (κ3) is 887. The van der Waals surface area contributed by atoms with Crippen molar-refractivity contribution in [1.82, 2.24) is 4.90 Å². The van der Waals surface area contributed by atoms with Crippen molar-refractivity contribution in [2.24, 2.45) is 0 Å². The minimum absolute atomic E-state index is 0. The molecule has 0 spiro atoms. The van der Waals surface area contributed by atoms with E-state index >= 15 is 0 Å². The molecule has 0 bridgehead atoms. The highest BCUT2D eigenvalue weighted by atomic mass is 16.1. The molecule has 19 heavy (non-hydrogen) atoms. The molecular weight excluding hydrogens is 248 g/mol. The quantitative estimate of drug-likeness (QED) is 0.463. The molecule has 0 atom stereocenters. The summed E-state index contributed by atoms with van der Waals surface area (Å²) < 4.78 is 0. The molecule has 0 radical (unpaired) electrons. The SMILES string of the molecule is C.C.C.C.C.C.CN(C)C.N=C=O.N=C=O.N=C=O. The highest BCUT2D eigenvalue weighted by molar-refractivity contribution is 5.26. The fraction of sp³-hybridized carbons (Fsp3) is 0.750. The van der Waals surface area contributed by atoms with Gasteiger partial charge in [0.25, 0.3) is 0 Å². The Hall–Kier alpha value is -1.90. The second-order valence-electron chi connectivity index (χ2n) is 1.65. The summed E-state index contributed by atoms with van der Waals surface area (Å²) >= 11 is 0. The van der Waals surface area contributed by atoms with Crippen molar-refractivity contribution in [3.63, 3.8) is 0 Å². The van der Waals surface area contributed by atoms with Gasteiger partial charge in [-0.3, -0.25) is 0 Å². The van der Waals surface area contributed by atoms with Crippen LogP contribution < -0.4 is 0 Å². The van der Waals surface area contributed by atoms with Crippen molar-refractivity contribution in [2.45, 2.75) is 44.6 Å². The number of carbonyl (C=O) groups excluding carboxylic acids is 3. The lowest BCUT2D eigenvalue weighted by atomic mass is 11.0. The Balaban J connectivity index is -0.00000000647. The van der Waals surface area contributed by atoms with Gasteiger partial charge in [0.1, 0.15) is 0 Å². The molecule has 0 aromatic heterocycles. The van der Waals surface area contributed by atoms with E-state index in [1.165, 1.54) is 0 Å². The van der Waals surface area contributed by atoms with E-state index in [0.717, 1.165) is 18.2 Å². The summed E-state index contributed by atoms with van der Waals surface area (Å²) in [5.74, 6) is 0. The van der Waals surface area contributed by atoms with Crippen molar-refractivity contribution in [2.75, 3.05) is 21.1 Å². The van der Waals surface area contributed by atoms with Crippen molar-refractivity contribution < 1.29 is 14.4 Å². The van der Waals surface area contributed by atoms with E-state index in [9.17, 15) is 0 Å². The molecular formula is C12H36N4O3. The second-order valence-corrected chi connectivity index (χ2v) is 1.65. The van der Waals surface area contributed by atoms with Crippen molar-refractivity contribution >= 4 is 18.2 Å². The van der Waals surface area contributed by atoms with Crippen molar-refractivity contribution in [3.05, 3.63) is 0 Å². The summed E-state index contributed by atoms with van der Waals surface area (Å²) in [6.45, 7) is 0. The van der Waals surface area contributed by atoms with Gasteiger partial charge in [-0.25, -0.2) is 30.6 Å². The van der Waals surface area contributed by atoms with E-state index in [1.54, 1.807) is 0 Å². The van der Waals surface area contributed by atoms with E-state index < -0.39 is 0 Å². The van der Waals surface area contributed by atoms with Crippen LogP contribution in [-0.2, 0) is 14.4 Å². The first-order chi connectivity index (χ1) is 5.97. The number of isocyanates is 3. The Bertz CT molecular complexity index is 146. The van der Waals surface area contributed by atoms with Gasteiger partial charge in [-0.1, -0.05) is 44.6 Å². The number of nitrogens with zero attached hydrogens (tertiary/aromatic N) is 1. The van der Waals surface area contributed by atoms with Crippen LogP contribution in [0.3, 0.4) is 0 Å². The van der Waals surface area contributed by atoms with Crippen LogP contribution in [0.15, 0.2) is 0 Å². The summed E-state index contributed by atoms with van der Waals surface area (Å²) in [5.41, 5.74) is 0. The Kier molecular flexibility index (Phi) is 1010. The molecule has 0 saturated heterocycles. The van der Waals surface area contributed by atoms with Crippen LogP contribution in [-0.4, -0.2) is 44.3 Å². The third-order valence-electron chi connectivity index (χ3n) is 0. The minimum atomic E-state index is 0. The predicted molar refractivity (Wildman–Crippen MR) is 85.2 cm³/mol. The van der Waals surface area contributed by atoms with Crippen LogP contribution in [0.5, 0.6) is 0 Å². The number of hydrogen-bond donors (Lipinski definition) is 3. The first kappa shape index (κ1) is 87.9. The van der Waals surface area contributed by atoms with Gasteiger partial charge in [0.2, 0.25) is 18.2 Å². The number of hydrogen-bond acceptors (Lipinski definition) is 7. The average Bonchev–Trinajstić information content (AvgIpc) is 1.88. The zero-order chi connectivity index (χ0) is 11.7. The summed E-state index contributed by atoms with van der Waals surface area (Å²) in [6.07, 6.45) is 2.25. The molecule has 0 fully saturated rings. The van der Waals surface area contributed by atoms with Gasteiger partial charge in [-0.2, -0.15) is 0 Å². The zero-order valence-corrected chi connectivity index (χ0v) is 7.67. The lowest BCUT2D eigenvalue weighted by Crippen LogP contribution is -1.99. The molecule has 3 N–H and O–H groups in total. The van der Waals surface area contributed by atoms with Gasteiger partial charge >= 0.3 is 0 Å². The van der Waals surface area contributed by atoms with Gasteiger partial charge in [0.05, 0.1) is 0 Å². The topological polar surface area (TPSA) is 126 Å². The van der Waals surface area contributed by atoms with Gasteiger partial charge in [-0.15, -0.1) is 0 Å². The molecule has 0 unspecified atom stereocenters. The number of rotatable bonds is 0. The molecule has 0 rings (SSSR count). The largest absolute Gasteiger partial charge is 0.312 e. The van der Waals surface area contributed by atoms with E-state index in [4.69, 9.17) is 30.6 Å². The fourth-order valence-corrected chi connectivity index (χ4v) is 0. The van der Waals surface area contributed by atoms with Crippen LogP contribution in [0.2, 0.25) is 0 Å². The van der Waals surface area contributed by atoms with Crippen molar-refractivity contribution in [3.8, 4) is 0 Å². The highest BCUT2D eigenvalue weighted by Crippen LogP contribution is 1.47. The highest BCUT2D eigenvalue weighted by Gasteiger charge is 1.58. The molecule has 7 heteroatoms. The Morgan fingerprint density at radius 2 is 0.579 bits per heavy atom. The summed E-state index contributed by atoms with van der Waals surface area (Å²) in [4.78, 5) is 27.0. The molecule has 0 aliphatic rings. The van der Waals surface area contributed by atoms with Crippen LogP contribution in [0, 0.1) is 16.2 Å². The minimum Gasteiger partial charge on any atom is -0.312 e. The van der Waals surface area contributed by atoms with Gasteiger partial charge in [-0.05, 0) is 21.1 Å². The molecule has 0 aliphatic carbocycles. The summed E-state index contributed by atoms with van der Waals surface area (Å²) in [5, 5.41) is 16.2. The summed E-state index contributed by atoms with van der Waals surface area (Å²) in [7, 11) is 6.00. The van der Waals surface area contributed by atoms with Gasteiger partial charge in [0.15, 0.2) is 0 Å². The predicted octanol–water partition coefficient (Wildman–Crippen LogP) is 3.70. The van der Waals surface area contributed by atoms with Crippen LogP contribution in [0.25, 0.3) is 0 Å². The lowest BCUT2D eigenvalue weighted by molar-refractivity contribution is 0.505. The summed E-state index contributed by atoms with van der Waals surface area (Å²) in [6, 6.07) is 0. The molecule has 0 amide bonds. The molecule has 0 heterocycles. The van der Waals surface area contributed by atoms with Crippen molar-refractivity contribution in [1.29, 1.82) is 16.2 Å². The van der Waals surface area contributed by atoms with Crippen LogP contribution >= 0.6 is 0 Å². The molecule has 0 aromatic rings. The van der Waals surface area contributed by atoms with Gasteiger partial charge < -0.3 is 4.90 Å². The molecule has 122 valence electrons. The average molecular weight is 284 g/mol. The fourth-order valence-electron chi connectivity index (χ4n) is 0. The standard InChI is InChI=1S/C3H9N.3CHNO.6CH4/c1-4(2)3;3*2-1-3;;;;;;/h1-3H3;3*2H;6*1H4. The van der Waals surface area contributed by atoms with E-state index in [2.05, 4.69) is 0 Å². The van der Waals surface area contributed by atoms with Crippen LogP contribution in [0.4, 0.5) is 0 Å². The molecule has 0 aliphatic heterocycles. The maximum atomic E-state index is 8.35. The Labute approximate surface area is 120 Å². The second kappa shape index (κ2) is 218. The first-order valence-electron chi connectivity index (χ1n) is 2.70. The van der Waals surface area contributed by atoms with E-state index in [1.807, 2.05) is 26.0 Å². The lowest BCUT2D eigenvalue weighted by Gasteiger charge is -1.90. The molecule has 7 nitrogen and oxygen atoms in total. The van der Waals surface area contributed by atoms with E-state index in [-0.39, 0.29) is 44.6 Å². The molecule has 0 aromatic carbocycles. The third-order valence-corrected chi connectivity index (χ3v) is 0. The van der Waals surface area contributed by atoms with E-state index in [0.29, 0.717) is 0 Å². The Morgan fingerprint density at radius 3 is 0.579 bits per heavy atom. The number of nitrogens with one attached hydrogen (secondary N) is 3. The normalized spacial score (nSPS) is 3.16. The van der Waals surface area contributed by atoms with Crippen LogP contribution in [0.1, 0.15) is 44.6 Å². The Morgan fingerprint density at radius 1 is 0.579 bits per heavy atom. The van der Waals surface area contributed by atoms with Gasteiger partial charge in [0, 0.05) is 0 Å². The zero-order valence-electron chi connectivity index (χ0n) is 7.67. The monoisotopic (exact) mass is 284 g/mol. The maximum Gasteiger partial charge on any atom is 0.231 e. The molecule has 0 saturated carbocycles. The smallest absolute Gasteiger partial charge is 0.231 e. The maximum absolute atomic E-state index is 8.35.